The zero-order valence-corrected chi connectivity index (χ0v) is 13.4. The largest absolute Gasteiger partial charge is 0.504 e. The summed E-state index contributed by atoms with van der Waals surface area (Å²) >= 11 is 0. The lowest BCUT2D eigenvalue weighted by Gasteiger charge is -2.24. The van der Waals surface area contributed by atoms with Crippen LogP contribution in [0, 0.1) is 0 Å². The molecule has 0 aliphatic rings. The van der Waals surface area contributed by atoms with Gasteiger partial charge in [0.1, 0.15) is 0 Å². The Morgan fingerprint density at radius 1 is 0.789 bits per heavy atom. The van der Waals surface area contributed by atoms with Crippen molar-refractivity contribution < 1.29 is 5.11 Å². The molecular weight excluding hydrogens is 240 g/mol. The molecule has 0 fully saturated rings. The van der Waals surface area contributed by atoms with E-state index in [1.54, 1.807) is 0 Å². The van der Waals surface area contributed by atoms with Gasteiger partial charge in [0.25, 0.3) is 0 Å². The summed E-state index contributed by atoms with van der Waals surface area (Å²) in [5, 5.41) is 12.9. The summed E-state index contributed by atoms with van der Waals surface area (Å²) in [6.45, 7) is 0. The van der Waals surface area contributed by atoms with Crippen molar-refractivity contribution in [1.82, 2.24) is 5.32 Å². The van der Waals surface area contributed by atoms with Crippen molar-refractivity contribution in [2.45, 2.75) is 0 Å². The molecule has 2 N–H and O–H groups in total. The fourth-order valence-corrected chi connectivity index (χ4v) is 1.53. The average molecular weight is 268 g/mol. The van der Waals surface area contributed by atoms with E-state index < -0.39 is 0 Å². The van der Waals surface area contributed by atoms with Crippen molar-refractivity contribution in [2.24, 2.45) is 0 Å². The van der Waals surface area contributed by atoms with Gasteiger partial charge < -0.3 is 25.1 Å². The third-order valence-corrected chi connectivity index (χ3v) is 2.53. The van der Waals surface area contributed by atoms with E-state index in [2.05, 4.69) is 5.32 Å². The monoisotopic (exact) mass is 268 g/mol. The zero-order valence-electron chi connectivity index (χ0n) is 13.4. The van der Waals surface area contributed by atoms with Crippen LogP contribution in [-0.2, 0) is 0 Å². The highest BCUT2D eigenvalue weighted by atomic mass is 16.3. The summed E-state index contributed by atoms with van der Waals surface area (Å²) in [5.74, 6) is 0.320. The van der Waals surface area contributed by atoms with Gasteiger partial charge in [0.05, 0.1) is 11.4 Å². The summed E-state index contributed by atoms with van der Waals surface area (Å²) in [6.07, 6.45) is 0. The highest BCUT2D eigenvalue weighted by molar-refractivity contribution is 5.78. The van der Waals surface area contributed by atoms with Crippen LogP contribution < -0.4 is 20.0 Å². The van der Waals surface area contributed by atoms with E-state index in [9.17, 15) is 5.11 Å². The number of nitrogens with zero attached hydrogens (tertiary/aromatic N) is 3. The van der Waals surface area contributed by atoms with E-state index >= 15 is 0 Å². The molecule has 0 atom stereocenters. The smallest absolute Gasteiger partial charge is 0.162 e. The Balaban J connectivity index is 0.000000982. The van der Waals surface area contributed by atoms with Gasteiger partial charge in [0.2, 0.25) is 0 Å². The molecule has 19 heavy (non-hydrogen) atoms. The van der Waals surface area contributed by atoms with E-state index in [4.69, 9.17) is 0 Å². The Morgan fingerprint density at radius 3 is 1.32 bits per heavy atom. The molecule has 110 valence electrons. The van der Waals surface area contributed by atoms with Gasteiger partial charge in [-0.15, -0.1) is 0 Å². The molecule has 0 aliphatic carbocycles. The number of nitrogens with one attached hydrogen (secondary N) is 1. The van der Waals surface area contributed by atoms with Crippen LogP contribution in [-0.4, -0.2) is 61.5 Å². The third-order valence-electron chi connectivity index (χ3n) is 2.53. The molecule has 0 unspecified atom stereocenters. The highest BCUT2D eigenvalue weighted by Gasteiger charge is 2.13. The average Bonchev–Trinajstić information content (AvgIpc) is 2.29. The van der Waals surface area contributed by atoms with Crippen LogP contribution in [0.25, 0.3) is 0 Å². The van der Waals surface area contributed by atoms with Gasteiger partial charge in [0.15, 0.2) is 5.75 Å². The summed E-state index contributed by atoms with van der Waals surface area (Å²) in [7, 11) is 15.4. The maximum atomic E-state index is 10.1. The molecule has 0 aliphatic heterocycles. The van der Waals surface area contributed by atoms with Crippen molar-refractivity contribution in [1.29, 1.82) is 0 Å². The lowest BCUT2D eigenvalue weighted by atomic mass is 10.2. The van der Waals surface area contributed by atoms with E-state index in [0.29, 0.717) is 5.75 Å². The van der Waals surface area contributed by atoms with E-state index in [1.807, 2.05) is 83.2 Å². The second-order valence-electron chi connectivity index (χ2n) is 5.02. The lowest BCUT2D eigenvalue weighted by molar-refractivity contribution is 0.476. The number of phenolic OH excluding ortho intramolecular Hbond substituents is 1. The minimum atomic E-state index is 0.320. The zero-order chi connectivity index (χ0) is 15.2. The molecule has 0 spiro atoms. The molecule has 0 radical (unpaired) electrons. The summed E-state index contributed by atoms with van der Waals surface area (Å²) < 4.78 is 0. The number of phenols is 1. The summed E-state index contributed by atoms with van der Waals surface area (Å²) in [5.41, 5.74) is 2.73. The van der Waals surface area contributed by atoms with Crippen LogP contribution in [0.5, 0.6) is 5.75 Å². The van der Waals surface area contributed by atoms with E-state index in [0.717, 1.165) is 17.1 Å². The first-order valence-corrected chi connectivity index (χ1v) is 6.23. The molecule has 0 saturated heterocycles. The van der Waals surface area contributed by atoms with Crippen molar-refractivity contribution in [3.8, 4) is 5.75 Å². The molecule has 0 aromatic heterocycles. The number of hydrogen-bond acceptors (Lipinski definition) is 5. The fourth-order valence-electron chi connectivity index (χ4n) is 1.53. The molecule has 1 aromatic rings. The van der Waals surface area contributed by atoms with Crippen LogP contribution >= 0.6 is 0 Å². The molecule has 0 saturated carbocycles. The third kappa shape index (κ3) is 4.87. The SMILES string of the molecule is CN(C)c1cc(N(C)C)c(O)c(N(C)C)c1.CNC. The first-order chi connectivity index (χ1) is 8.76. The van der Waals surface area contributed by atoms with Crippen molar-refractivity contribution in [3.05, 3.63) is 12.1 Å². The first-order valence-electron chi connectivity index (χ1n) is 6.23. The lowest BCUT2D eigenvalue weighted by Crippen LogP contribution is -2.16. The predicted molar refractivity (Wildman–Crippen MR) is 86.1 cm³/mol. The molecule has 0 heterocycles. The van der Waals surface area contributed by atoms with Gasteiger partial charge in [-0.3, -0.25) is 0 Å². The normalized spacial score (nSPS) is 9.47. The van der Waals surface area contributed by atoms with Gasteiger partial charge in [-0.1, -0.05) is 0 Å². The molecule has 5 nitrogen and oxygen atoms in total. The number of benzene rings is 1. The van der Waals surface area contributed by atoms with Crippen LogP contribution in [0.2, 0.25) is 0 Å². The number of rotatable bonds is 3. The quantitative estimate of drug-likeness (QED) is 0.868. The van der Waals surface area contributed by atoms with Crippen molar-refractivity contribution >= 4 is 17.1 Å². The van der Waals surface area contributed by atoms with Gasteiger partial charge in [-0.2, -0.15) is 0 Å². The summed E-state index contributed by atoms with van der Waals surface area (Å²) in [6, 6.07) is 3.95. The maximum absolute atomic E-state index is 10.1. The summed E-state index contributed by atoms with van der Waals surface area (Å²) in [4.78, 5) is 5.85. The first kappa shape index (κ1) is 17.4. The number of hydrogen-bond donors (Lipinski definition) is 2. The van der Waals surface area contributed by atoms with Crippen LogP contribution in [0.3, 0.4) is 0 Å². The van der Waals surface area contributed by atoms with Gasteiger partial charge >= 0.3 is 0 Å². The topological polar surface area (TPSA) is 42.0 Å². The Morgan fingerprint density at radius 2 is 1.11 bits per heavy atom. The van der Waals surface area contributed by atoms with Gasteiger partial charge in [0, 0.05) is 48.0 Å². The molecule has 0 amide bonds. The Labute approximate surface area is 117 Å². The Hall–Kier alpha value is -1.62. The molecule has 5 heteroatoms. The predicted octanol–water partition coefficient (Wildman–Crippen LogP) is 1.43. The Kier molecular flexibility index (Phi) is 7.08. The minimum absolute atomic E-state index is 0.320. The molecule has 0 bridgehead atoms. The number of anilines is 3. The second-order valence-corrected chi connectivity index (χ2v) is 5.02. The van der Waals surface area contributed by atoms with Crippen molar-refractivity contribution in [3.63, 3.8) is 0 Å². The number of aromatic hydroxyl groups is 1. The van der Waals surface area contributed by atoms with Gasteiger partial charge in [-0.05, 0) is 26.2 Å². The maximum Gasteiger partial charge on any atom is 0.162 e. The van der Waals surface area contributed by atoms with E-state index in [1.165, 1.54) is 0 Å². The molecule has 1 rings (SSSR count). The van der Waals surface area contributed by atoms with Gasteiger partial charge in [-0.25, -0.2) is 0 Å². The minimum Gasteiger partial charge on any atom is -0.504 e. The van der Waals surface area contributed by atoms with E-state index in [-0.39, 0.29) is 0 Å². The van der Waals surface area contributed by atoms with Crippen LogP contribution in [0.15, 0.2) is 12.1 Å². The second kappa shape index (κ2) is 7.74. The fraction of sp³-hybridized carbons (Fsp3) is 0.571. The van der Waals surface area contributed by atoms with Crippen LogP contribution in [0.4, 0.5) is 17.1 Å². The highest BCUT2D eigenvalue weighted by Crippen LogP contribution is 2.39. The van der Waals surface area contributed by atoms with Crippen molar-refractivity contribution in [2.75, 3.05) is 71.1 Å². The Bertz CT molecular complexity index is 360. The standard InChI is InChI=1S/C12H21N3O.C2H7N/c1-13(2)9-7-10(14(3)4)12(16)11(8-9)15(5)6;1-3-2/h7-8,16H,1-6H3;3H,1-2H3. The molecular formula is C14H28N4O. The van der Waals surface area contributed by atoms with Crippen LogP contribution in [0.1, 0.15) is 0 Å². The molecule has 1 aromatic carbocycles.